The van der Waals surface area contributed by atoms with Gasteiger partial charge in [-0.15, -0.1) is 0 Å². The Hall–Kier alpha value is -1.37. The van der Waals surface area contributed by atoms with Gasteiger partial charge in [-0.05, 0) is 18.4 Å². The van der Waals surface area contributed by atoms with E-state index >= 15 is 0 Å². The van der Waals surface area contributed by atoms with E-state index in [0.29, 0.717) is 13.0 Å². The molecule has 20 heavy (non-hydrogen) atoms. The van der Waals surface area contributed by atoms with Gasteiger partial charge in [0.2, 0.25) is 0 Å². The van der Waals surface area contributed by atoms with Crippen molar-refractivity contribution in [2.75, 3.05) is 13.2 Å². The van der Waals surface area contributed by atoms with Crippen molar-refractivity contribution >= 4 is 34.8 Å². The number of nitro benzene ring substituents is 1. The summed E-state index contributed by atoms with van der Waals surface area (Å²) in [7, 11) is 0. The van der Waals surface area contributed by atoms with E-state index < -0.39 is 16.5 Å². The van der Waals surface area contributed by atoms with Crippen molar-refractivity contribution in [2.45, 2.75) is 13.3 Å². The van der Waals surface area contributed by atoms with E-state index in [4.69, 9.17) is 28.3 Å². The molecule has 0 aromatic heterocycles. The summed E-state index contributed by atoms with van der Waals surface area (Å²) in [6.45, 7) is 2.26. The highest BCUT2D eigenvalue weighted by molar-refractivity contribution is 6.43. The highest BCUT2D eigenvalue weighted by Gasteiger charge is 2.20. The van der Waals surface area contributed by atoms with Gasteiger partial charge in [-0.1, -0.05) is 30.1 Å². The second-order valence-electron chi connectivity index (χ2n) is 4.38. The lowest BCUT2D eigenvalue weighted by Crippen LogP contribution is -2.28. The minimum atomic E-state index is -0.695. The van der Waals surface area contributed by atoms with Crippen LogP contribution in [0.5, 0.6) is 0 Å². The van der Waals surface area contributed by atoms with Gasteiger partial charge >= 0.3 is 0 Å². The summed E-state index contributed by atoms with van der Waals surface area (Å²) in [6, 6.07) is 2.36. The van der Waals surface area contributed by atoms with Crippen molar-refractivity contribution in [3.63, 3.8) is 0 Å². The first-order valence-corrected chi connectivity index (χ1v) is 6.65. The number of aliphatic hydroxyl groups excluding tert-OH is 1. The molecular formula is C12H14Cl2N2O4. The number of nitro groups is 1. The molecule has 0 bridgehead atoms. The molecule has 1 aromatic rings. The van der Waals surface area contributed by atoms with Crippen LogP contribution in [0.3, 0.4) is 0 Å². The fraction of sp³-hybridized carbons (Fsp3) is 0.417. The summed E-state index contributed by atoms with van der Waals surface area (Å²) in [5.41, 5.74) is -0.338. The molecule has 1 aromatic carbocycles. The Kier molecular flexibility index (Phi) is 6.19. The minimum Gasteiger partial charge on any atom is -0.396 e. The second-order valence-corrected chi connectivity index (χ2v) is 5.16. The summed E-state index contributed by atoms with van der Waals surface area (Å²) in [5.74, 6) is -0.377. The van der Waals surface area contributed by atoms with Gasteiger partial charge in [-0.2, -0.15) is 0 Å². The molecule has 0 radical (unpaired) electrons. The Labute approximate surface area is 125 Å². The molecule has 0 spiro atoms. The van der Waals surface area contributed by atoms with Crippen LogP contribution in [0.25, 0.3) is 0 Å². The summed E-state index contributed by atoms with van der Waals surface area (Å²) < 4.78 is 0. The molecule has 1 unspecified atom stereocenters. The minimum absolute atomic E-state index is 0.0370. The van der Waals surface area contributed by atoms with Gasteiger partial charge < -0.3 is 10.4 Å². The van der Waals surface area contributed by atoms with Crippen LogP contribution < -0.4 is 5.32 Å². The van der Waals surface area contributed by atoms with Crippen molar-refractivity contribution in [2.24, 2.45) is 5.92 Å². The van der Waals surface area contributed by atoms with Gasteiger partial charge in [0.25, 0.3) is 11.6 Å². The van der Waals surface area contributed by atoms with Crippen LogP contribution in [0.15, 0.2) is 12.1 Å². The molecule has 0 aliphatic heterocycles. The van der Waals surface area contributed by atoms with E-state index in [2.05, 4.69) is 5.32 Å². The van der Waals surface area contributed by atoms with E-state index in [1.165, 1.54) is 6.07 Å². The summed E-state index contributed by atoms with van der Waals surface area (Å²) >= 11 is 11.5. The Bertz CT molecular complexity index is 522. The number of aliphatic hydroxyl groups is 1. The molecule has 6 nitrogen and oxygen atoms in total. The van der Waals surface area contributed by atoms with E-state index in [-0.39, 0.29) is 28.1 Å². The Morgan fingerprint density at radius 1 is 1.50 bits per heavy atom. The number of nitrogens with zero attached hydrogens (tertiary/aromatic N) is 1. The van der Waals surface area contributed by atoms with Crippen LogP contribution in [0, 0.1) is 16.0 Å². The molecule has 110 valence electrons. The van der Waals surface area contributed by atoms with Gasteiger partial charge in [0, 0.05) is 24.8 Å². The predicted molar refractivity (Wildman–Crippen MR) is 76.3 cm³/mol. The Morgan fingerprint density at radius 3 is 2.70 bits per heavy atom. The molecule has 0 heterocycles. The first-order chi connectivity index (χ1) is 9.36. The summed E-state index contributed by atoms with van der Waals surface area (Å²) in [6.07, 6.45) is 0.557. The average molecular weight is 321 g/mol. The van der Waals surface area contributed by atoms with Crippen LogP contribution >= 0.6 is 23.2 Å². The topological polar surface area (TPSA) is 92.5 Å². The van der Waals surface area contributed by atoms with Crippen LogP contribution in [-0.2, 0) is 0 Å². The average Bonchev–Trinajstić information content (AvgIpc) is 2.38. The number of carbonyl (C=O) groups excluding carboxylic acids is 1. The third-order valence-corrected chi connectivity index (χ3v) is 3.49. The standard InChI is InChI=1S/C12H14Cl2N2O4/c1-7(2-3-17)6-15-12(18)8-4-9(13)11(14)10(5-8)16(19)20/h4-5,7,17H,2-3,6H2,1H3,(H,15,18). The van der Waals surface area contributed by atoms with Crippen molar-refractivity contribution in [3.8, 4) is 0 Å². The van der Waals surface area contributed by atoms with Gasteiger partial charge in [0.05, 0.1) is 9.95 Å². The number of carbonyl (C=O) groups is 1. The largest absolute Gasteiger partial charge is 0.396 e. The third kappa shape index (κ3) is 4.33. The molecule has 0 saturated carbocycles. The molecule has 1 amide bonds. The zero-order valence-corrected chi connectivity index (χ0v) is 12.2. The van der Waals surface area contributed by atoms with E-state index in [0.717, 1.165) is 6.07 Å². The highest BCUT2D eigenvalue weighted by atomic mass is 35.5. The fourth-order valence-electron chi connectivity index (χ4n) is 1.53. The van der Waals surface area contributed by atoms with Crippen LogP contribution in [0.2, 0.25) is 10.0 Å². The first kappa shape index (κ1) is 16.7. The zero-order valence-electron chi connectivity index (χ0n) is 10.7. The maximum absolute atomic E-state index is 11.9. The number of nitrogens with one attached hydrogen (secondary N) is 1. The summed E-state index contributed by atoms with van der Waals surface area (Å²) in [4.78, 5) is 22.0. The Balaban J connectivity index is 2.86. The maximum Gasteiger partial charge on any atom is 0.290 e. The van der Waals surface area contributed by atoms with Gasteiger partial charge in [-0.3, -0.25) is 14.9 Å². The lowest BCUT2D eigenvalue weighted by Gasteiger charge is -2.11. The fourth-order valence-corrected chi connectivity index (χ4v) is 1.92. The molecule has 0 saturated heterocycles. The third-order valence-electron chi connectivity index (χ3n) is 2.70. The number of amides is 1. The Morgan fingerprint density at radius 2 is 2.15 bits per heavy atom. The zero-order chi connectivity index (χ0) is 15.3. The molecule has 1 atom stereocenters. The van der Waals surface area contributed by atoms with Crippen molar-refractivity contribution in [1.29, 1.82) is 0 Å². The monoisotopic (exact) mass is 320 g/mol. The predicted octanol–water partition coefficient (Wildman–Crippen LogP) is 2.65. The number of hydrogen-bond acceptors (Lipinski definition) is 4. The molecule has 2 N–H and O–H groups in total. The lowest BCUT2D eigenvalue weighted by atomic mass is 10.1. The number of halogens is 2. The second kappa shape index (κ2) is 7.42. The van der Waals surface area contributed by atoms with Crippen LogP contribution in [-0.4, -0.2) is 29.1 Å². The van der Waals surface area contributed by atoms with Gasteiger partial charge in [0.15, 0.2) is 0 Å². The quantitative estimate of drug-likeness (QED) is 0.622. The van der Waals surface area contributed by atoms with Crippen molar-refractivity contribution < 1.29 is 14.8 Å². The van der Waals surface area contributed by atoms with Crippen LogP contribution in [0.4, 0.5) is 5.69 Å². The van der Waals surface area contributed by atoms with Gasteiger partial charge in [-0.25, -0.2) is 0 Å². The number of benzene rings is 1. The maximum atomic E-state index is 11.9. The molecule has 1 rings (SSSR count). The lowest BCUT2D eigenvalue weighted by molar-refractivity contribution is -0.384. The van der Waals surface area contributed by atoms with Crippen molar-refractivity contribution in [3.05, 3.63) is 37.9 Å². The van der Waals surface area contributed by atoms with Gasteiger partial charge in [0.1, 0.15) is 5.02 Å². The normalized spacial score (nSPS) is 12.0. The molecule has 8 heteroatoms. The molecular weight excluding hydrogens is 307 g/mol. The highest BCUT2D eigenvalue weighted by Crippen LogP contribution is 2.33. The van der Waals surface area contributed by atoms with Crippen molar-refractivity contribution in [1.82, 2.24) is 5.32 Å². The number of hydrogen-bond donors (Lipinski definition) is 2. The molecule has 0 aliphatic rings. The van der Waals surface area contributed by atoms with E-state index in [1.807, 2.05) is 6.92 Å². The summed E-state index contributed by atoms with van der Waals surface area (Å²) in [5, 5.41) is 21.9. The SMILES string of the molecule is CC(CCO)CNC(=O)c1cc(Cl)c(Cl)c([N+](=O)[O-])c1. The number of rotatable bonds is 6. The first-order valence-electron chi connectivity index (χ1n) is 5.89. The van der Waals surface area contributed by atoms with E-state index in [9.17, 15) is 14.9 Å². The van der Waals surface area contributed by atoms with Crippen LogP contribution in [0.1, 0.15) is 23.7 Å². The smallest absolute Gasteiger partial charge is 0.290 e. The van der Waals surface area contributed by atoms with E-state index in [1.54, 1.807) is 0 Å². The molecule has 0 aliphatic carbocycles. The molecule has 0 fully saturated rings.